The van der Waals surface area contributed by atoms with Crippen molar-refractivity contribution in [3.05, 3.63) is 35.9 Å². The average Bonchev–Trinajstić information content (AvgIpc) is 2.68. The quantitative estimate of drug-likeness (QED) is 0.848. The van der Waals surface area contributed by atoms with Gasteiger partial charge in [-0.25, -0.2) is 14.4 Å². The summed E-state index contributed by atoms with van der Waals surface area (Å²) in [5, 5.41) is 6.28. The van der Waals surface area contributed by atoms with E-state index in [-0.39, 0.29) is 23.7 Å². The van der Waals surface area contributed by atoms with Crippen molar-refractivity contribution in [1.82, 2.24) is 9.97 Å². The maximum absolute atomic E-state index is 13.2. The number of rotatable bonds is 3. The zero-order valence-corrected chi connectivity index (χ0v) is 16.4. The molecule has 0 spiro atoms. The minimum atomic E-state index is -0.301. The molecule has 8 heteroatoms. The highest BCUT2D eigenvalue weighted by atomic mass is 19.1. The fraction of sp³-hybridized carbons (Fsp3) is 0.450. The van der Waals surface area contributed by atoms with Gasteiger partial charge in [0.2, 0.25) is 5.91 Å². The van der Waals surface area contributed by atoms with Crippen LogP contribution in [0.15, 0.2) is 24.3 Å². The molecule has 1 atom stereocenters. The summed E-state index contributed by atoms with van der Waals surface area (Å²) in [7, 11) is 0. The molecule has 2 aliphatic rings. The minimum Gasteiger partial charge on any atom is -0.368 e. The summed E-state index contributed by atoms with van der Waals surface area (Å²) in [6, 6.07) is 6.27. The monoisotopic (exact) mass is 384 g/mol. The van der Waals surface area contributed by atoms with Gasteiger partial charge in [-0.05, 0) is 37.1 Å². The first-order valence-corrected chi connectivity index (χ1v) is 9.64. The van der Waals surface area contributed by atoms with E-state index >= 15 is 0 Å². The molecule has 7 nitrogen and oxygen atoms in total. The topological polar surface area (TPSA) is 73.4 Å². The van der Waals surface area contributed by atoms with Gasteiger partial charge in [-0.1, -0.05) is 13.8 Å². The van der Waals surface area contributed by atoms with Gasteiger partial charge in [-0.3, -0.25) is 4.79 Å². The highest BCUT2D eigenvalue weighted by Gasteiger charge is 2.33. The van der Waals surface area contributed by atoms with Crippen LogP contribution in [0, 0.1) is 18.7 Å². The number of hydrogen-bond acceptors (Lipinski definition) is 6. The van der Waals surface area contributed by atoms with Crippen molar-refractivity contribution in [2.45, 2.75) is 26.8 Å². The molecule has 2 aliphatic heterocycles. The van der Waals surface area contributed by atoms with Gasteiger partial charge in [-0.15, -0.1) is 0 Å². The lowest BCUT2D eigenvalue weighted by molar-refractivity contribution is -0.117. The number of carbonyl (C=O) groups excluding carboxylic acids is 1. The number of aromatic nitrogens is 2. The lowest BCUT2D eigenvalue weighted by Crippen LogP contribution is -2.48. The summed E-state index contributed by atoms with van der Waals surface area (Å²) in [4.78, 5) is 26.0. The van der Waals surface area contributed by atoms with E-state index in [4.69, 9.17) is 0 Å². The molecule has 148 valence electrons. The van der Waals surface area contributed by atoms with Gasteiger partial charge < -0.3 is 20.4 Å². The molecular formula is C20H25FN6O. The predicted octanol–water partition coefficient (Wildman–Crippen LogP) is 2.64. The zero-order chi connectivity index (χ0) is 19.8. The second-order valence-corrected chi connectivity index (χ2v) is 7.62. The number of fused-ring (bicyclic) bond motifs is 1. The summed E-state index contributed by atoms with van der Waals surface area (Å²) in [5.74, 6) is 1.98. The molecule has 1 amide bonds. The van der Waals surface area contributed by atoms with Crippen LogP contribution in [-0.2, 0) is 4.79 Å². The molecule has 1 aromatic heterocycles. The molecule has 2 aromatic rings. The van der Waals surface area contributed by atoms with E-state index in [1.165, 1.54) is 12.1 Å². The Balaban J connectivity index is 1.54. The van der Waals surface area contributed by atoms with Gasteiger partial charge in [-0.2, -0.15) is 0 Å². The smallest absolute Gasteiger partial charge is 0.247 e. The fourth-order valence-corrected chi connectivity index (χ4v) is 3.72. The third-order valence-corrected chi connectivity index (χ3v) is 5.26. The number of carbonyl (C=O) groups is 1. The first-order chi connectivity index (χ1) is 13.4. The lowest BCUT2D eigenvalue weighted by Gasteiger charge is -2.38. The third-order valence-electron chi connectivity index (χ3n) is 5.26. The number of piperazine rings is 1. The zero-order valence-electron chi connectivity index (χ0n) is 16.4. The SMILES string of the molecule is Cc1nc2c(c(N3CCN(c4ccc(F)cc4)CC3)n1)NC(=O)C(C(C)C)N2. The van der Waals surface area contributed by atoms with E-state index in [9.17, 15) is 9.18 Å². The number of nitrogens with zero attached hydrogens (tertiary/aromatic N) is 4. The van der Waals surface area contributed by atoms with E-state index in [1.54, 1.807) is 12.1 Å². The van der Waals surface area contributed by atoms with Crippen molar-refractivity contribution in [3.63, 3.8) is 0 Å². The Morgan fingerprint density at radius 3 is 2.36 bits per heavy atom. The molecule has 1 fully saturated rings. The van der Waals surface area contributed by atoms with Crippen LogP contribution >= 0.6 is 0 Å². The van der Waals surface area contributed by atoms with E-state index < -0.39 is 0 Å². The number of benzene rings is 1. The van der Waals surface area contributed by atoms with Crippen LogP contribution in [0.3, 0.4) is 0 Å². The largest absolute Gasteiger partial charge is 0.368 e. The molecule has 1 aromatic carbocycles. The van der Waals surface area contributed by atoms with Crippen LogP contribution in [0.25, 0.3) is 0 Å². The third kappa shape index (κ3) is 3.46. The number of nitrogens with one attached hydrogen (secondary N) is 2. The molecule has 28 heavy (non-hydrogen) atoms. The van der Waals surface area contributed by atoms with E-state index in [2.05, 4.69) is 30.4 Å². The lowest BCUT2D eigenvalue weighted by atomic mass is 10.0. The Labute approximate surface area is 164 Å². The van der Waals surface area contributed by atoms with Crippen LogP contribution in [0.2, 0.25) is 0 Å². The van der Waals surface area contributed by atoms with Gasteiger partial charge in [0.15, 0.2) is 11.6 Å². The Morgan fingerprint density at radius 2 is 1.71 bits per heavy atom. The van der Waals surface area contributed by atoms with E-state index in [0.717, 1.165) is 37.7 Å². The number of halogens is 1. The molecule has 3 heterocycles. The standard InChI is InChI=1S/C20H25FN6O/c1-12(2)16-20(28)25-17-18(24-16)22-13(3)23-19(17)27-10-8-26(9-11-27)15-6-4-14(21)5-7-15/h4-7,12,16H,8-11H2,1-3H3,(H,25,28)(H,22,23,24). The maximum Gasteiger partial charge on any atom is 0.247 e. The van der Waals surface area contributed by atoms with Crippen LogP contribution in [0.4, 0.5) is 27.4 Å². The van der Waals surface area contributed by atoms with Crippen LogP contribution < -0.4 is 20.4 Å². The number of anilines is 4. The van der Waals surface area contributed by atoms with Gasteiger partial charge in [0, 0.05) is 31.9 Å². The van der Waals surface area contributed by atoms with E-state index in [0.29, 0.717) is 17.3 Å². The second-order valence-electron chi connectivity index (χ2n) is 7.62. The van der Waals surface area contributed by atoms with Crippen molar-refractivity contribution in [1.29, 1.82) is 0 Å². The van der Waals surface area contributed by atoms with E-state index in [1.807, 2.05) is 20.8 Å². The highest BCUT2D eigenvalue weighted by Crippen LogP contribution is 2.35. The Kier molecular flexibility index (Phi) is 4.78. The number of amides is 1. The van der Waals surface area contributed by atoms with Gasteiger partial charge in [0.25, 0.3) is 0 Å². The predicted molar refractivity (Wildman–Crippen MR) is 108 cm³/mol. The summed E-state index contributed by atoms with van der Waals surface area (Å²) < 4.78 is 13.2. The summed E-state index contributed by atoms with van der Waals surface area (Å²) in [6.07, 6.45) is 0. The molecule has 0 saturated carbocycles. The van der Waals surface area contributed by atoms with Crippen molar-refractivity contribution >= 4 is 28.9 Å². The van der Waals surface area contributed by atoms with Gasteiger partial charge in [0.05, 0.1) is 0 Å². The van der Waals surface area contributed by atoms with Gasteiger partial charge in [0.1, 0.15) is 23.4 Å². The average molecular weight is 384 g/mol. The van der Waals surface area contributed by atoms with Gasteiger partial charge >= 0.3 is 0 Å². The molecular weight excluding hydrogens is 359 g/mol. The van der Waals surface area contributed by atoms with Crippen molar-refractivity contribution in [3.8, 4) is 0 Å². The fourth-order valence-electron chi connectivity index (χ4n) is 3.72. The van der Waals surface area contributed by atoms with Crippen molar-refractivity contribution in [2.24, 2.45) is 5.92 Å². The first-order valence-electron chi connectivity index (χ1n) is 9.64. The molecule has 4 rings (SSSR count). The van der Waals surface area contributed by atoms with Crippen LogP contribution in [0.5, 0.6) is 0 Å². The molecule has 2 N–H and O–H groups in total. The first kappa shape index (κ1) is 18.5. The Hall–Kier alpha value is -2.90. The number of hydrogen-bond donors (Lipinski definition) is 2. The Morgan fingerprint density at radius 1 is 1.07 bits per heavy atom. The maximum atomic E-state index is 13.2. The normalized spacial score (nSPS) is 19.3. The molecule has 0 radical (unpaired) electrons. The second kappa shape index (κ2) is 7.26. The minimum absolute atomic E-state index is 0.0545. The summed E-state index contributed by atoms with van der Waals surface area (Å²) in [5.41, 5.74) is 1.67. The molecule has 0 aliphatic carbocycles. The van der Waals surface area contributed by atoms with Crippen molar-refractivity contribution in [2.75, 3.05) is 46.6 Å². The molecule has 1 unspecified atom stereocenters. The van der Waals surface area contributed by atoms with Crippen LogP contribution in [0.1, 0.15) is 19.7 Å². The molecule has 1 saturated heterocycles. The molecule has 0 bridgehead atoms. The Bertz CT molecular complexity index is 877. The summed E-state index contributed by atoms with van der Waals surface area (Å²) >= 11 is 0. The summed E-state index contributed by atoms with van der Waals surface area (Å²) in [6.45, 7) is 8.96. The highest BCUT2D eigenvalue weighted by molar-refractivity contribution is 6.05. The van der Waals surface area contributed by atoms with Crippen molar-refractivity contribution < 1.29 is 9.18 Å². The number of aryl methyl sites for hydroxylation is 1. The van der Waals surface area contributed by atoms with Crippen LogP contribution in [-0.4, -0.2) is 48.1 Å².